The molecule has 170 valence electrons. The van der Waals surface area contributed by atoms with E-state index in [0.29, 0.717) is 32.2 Å². The van der Waals surface area contributed by atoms with Gasteiger partial charge in [0.25, 0.3) is 10.2 Å². The van der Waals surface area contributed by atoms with Crippen LogP contribution in [0.1, 0.15) is 24.8 Å². The van der Waals surface area contributed by atoms with Crippen LogP contribution in [0, 0.1) is 11.3 Å². The molecule has 0 unspecified atom stereocenters. The Kier molecular flexibility index (Phi) is 7.83. The highest BCUT2D eigenvalue weighted by molar-refractivity contribution is 7.86. The summed E-state index contributed by atoms with van der Waals surface area (Å²) in [5.41, 5.74) is 1.03. The zero-order chi connectivity index (χ0) is 22.6. The number of carbonyl (C=O) groups is 1. The molecule has 12 heteroatoms. The van der Waals surface area contributed by atoms with Crippen molar-refractivity contribution in [1.82, 2.24) is 13.6 Å². The van der Waals surface area contributed by atoms with Crippen LogP contribution < -0.4 is 0 Å². The Balaban J connectivity index is 0.000000396. The predicted molar refractivity (Wildman–Crippen MR) is 102 cm³/mol. The minimum absolute atomic E-state index is 0.0225. The fraction of sp³-hybridized carbons (Fsp3) is 0.667. The van der Waals surface area contributed by atoms with Crippen molar-refractivity contribution >= 4 is 16.2 Å². The molecule has 1 saturated carbocycles. The summed E-state index contributed by atoms with van der Waals surface area (Å²) in [7, 11) is -0.148. The van der Waals surface area contributed by atoms with Gasteiger partial charge in [0.2, 0.25) is 0 Å². The molecule has 2 aliphatic rings. The molecule has 8 nitrogen and oxygen atoms in total. The number of aromatic nitrogens is 1. The van der Waals surface area contributed by atoms with Crippen molar-refractivity contribution < 1.29 is 36.2 Å². The van der Waals surface area contributed by atoms with Gasteiger partial charge in [0.05, 0.1) is 13.2 Å². The summed E-state index contributed by atoms with van der Waals surface area (Å²) in [6.45, 7) is 2.34. The maximum absolute atomic E-state index is 12.4. The summed E-state index contributed by atoms with van der Waals surface area (Å²) >= 11 is 0. The van der Waals surface area contributed by atoms with E-state index in [1.165, 1.54) is 4.31 Å². The van der Waals surface area contributed by atoms with Crippen molar-refractivity contribution in [1.29, 1.82) is 0 Å². The van der Waals surface area contributed by atoms with Gasteiger partial charge in [-0.2, -0.15) is 30.2 Å². The van der Waals surface area contributed by atoms with Crippen molar-refractivity contribution in [3.8, 4) is 0 Å². The van der Waals surface area contributed by atoms with Crippen LogP contribution in [-0.2, 0) is 26.3 Å². The Bertz CT molecular complexity index is 820. The second-order valence-electron chi connectivity index (χ2n) is 7.69. The van der Waals surface area contributed by atoms with Gasteiger partial charge in [0.1, 0.15) is 0 Å². The lowest BCUT2D eigenvalue weighted by atomic mass is 9.82. The van der Waals surface area contributed by atoms with Crippen molar-refractivity contribution in [3.05, 3.63) is 30.1 Å². The summed E-state index contributed by atoms with van der Waals surface area (Å²) in [6.07, 6.45) is 1.77. The van der Waals surface area contributed by atoms with Gasteiger partial charge in [-0.15, -0.1) is 0 Å². The number of nitrogens with zero attached hydrogens (tertiary/aromatic N) is 3. The summed E-state index contributed by atoms with van der Waals surface area (Å²) in [6, 6.07) is 3.89. The zero-order valence-electron chi connectivity index (χ0n) is 16.8. The zero-order valence-corrected chi connectivity index (χ0v) is 17.6. The molecule has 1 aromatic rings. The SMILES string of the molecule is CN(C)S(=O)(=O)N1C[C@H]2CCC[C@@]2(COCc2cccnc2)C1.O=C(O)C(F)(F)F. The molecule has 2 heterocycles. The third-order valence-corrected chi connectivity index (χ3v) is 7.27. The molecule has 3 rings (SSSR count). The number of pyridine rings is 1. The fourth-order valence-corrected chi connectivity index (χ4v) is 5.11. The second kappa shape index (κ2) is 9.58. The number of ether oxygens (including phenoxy) is 1. The van der Waals surface area contributed by atoms with Crippen molar-refractivity contribution in [2.75, 3.05) is 33.8 Å². The van der Waals surface area contributed by atoms with Gasteiger partial charge >= 0.3 is 12.1 Å². The molecule has 2 atom stereocenters. The Labute approximate surface area is 173 Å². The average Bonchev–Trinajstić information content (AvgIpc) is 3.20. The number of carboxylic acids is 1. The highest BCUT2D eigenvalue weighted by Gasteiger charge is 2.52. The van der Waals surface area contributed by atoms with Gasteiger partial charge < -0.3 is 9.84 Å². The number of hydrogen-bond donors (Lipinski definition) is 1. The van der Waals surface area contributed by atoms with Crippen LogP contribution in [-0.4, -0.2) is 73.1 Å². The Morgan fingerprint density at radius 1 is 1.43 bits per heavy atom. The molecule has 0 aromatic carbocycles. The largest absolute Gasteiger partial charge is 0.490 e. The first-order valence-corrected chi connectivity index (χ1v) is 10.7. The van der Waals surface area contributed by atoms with Crippen LogP contribution in [0.25, 0.3) is 0 Å². The topological polar surface area (TPSA) is 100 Å². The first kappa shape index (κ1) is 24.5. The Morgan fingerprint density at radius 3 is 2.63 bits per heavy atom. The van der Waals surface area contributed by atoms with Gasteiger partial charge in [-0.1, -0.05) is 12.5 Å². The van der Waals surface area contributed by atoms with E-state index in [2.05, 4.69) is 4.98 Å². The molecule has 1 aromatic heterocycles. The van der Waals surface area contributed by atoms with Crippen LogP contribution in [0.5, 0.6) is 0 Å². The monoisotopic (exact) mass is 453 g/mol. The van der Waals surface area contributed by atoms with E-state index < -0.39 is 22.4 Å². The molecule has 2 fully saturated rings. The second-order valence-corrected chi connectivity index (χ2v) is 9.83. The predicted octanol–water partition coefficient (Wildman–Crippen LogP) is 2.14. The number of fused-ring (bicyclic) bond motifs is 1. The van der Waals surface area contributed by atoms with E-state index in [4.69, 9.17) is 14.6 Å². The quantitative estimate of drug-likeness (QED) is 0.709. The van der Waals surface area contributed by atoms with E-state index in [0.717, 1.165) is 24.8 Å². The lowest BCUT2D eigenvalue weighted by Crippen LogP contribution is -2.40. The lowest BCUT2D eigenvalue weighted by molar-refractivity contribution is -0.192. The molecule has 1 aliphatic heterocycles. The van der Waals surface area contributed by atoms with Crippen LogP contribution in [0.4, 0.5) is 13.2 Å². The molecule has 1 saturated heterocycles. The first-order valence-electron chi connectivity index (χ1n) is 9.33. The summed E-state index contributed by atoms with van der Waals surface area (Å²) < 4.78 is 65.4. The number of aliphatic carboxylic acids is 1. The number of alkyl halides is 3. The standard InChI is InChI=1S/C16H25N3O3S.C2HF3O2/c1-18(2)23(20,21)19-10-15-6-3-7-16(15,12-19)13-22-11-14-5-4-8-17-9-14;3-2(4,5)1(6)7/h4-5,8-9,15H,3,6-7,10-13H2,1-2H3;(H,6,7)/t15-,16+;/m1./s1. The van der Waals surface area contributed by atoms with Gasteiger partial charge in [-0.3, -0.25) is 4.98 Å². The van der Waals surface area contributed by atoms with E-state index >= 15 is 0 Å². The van der Waals surface area contributed by atoms with Crippen LogP contribution in [0.3, 0.4) is 0 Å². The summed E-state index contributed by atoms with van der Waals surface area (Å²) in [4.78, 5) is 13.0. The molecule has 1 N–H and O–H groups in total. The number of hydrogen-bond acceptors (Lipinski definition) is 5. The van der Waals surface area contributed by atoms with E-state index in [-0.39, 0.29) is 5.41 Å². The van der Waals surface area contributed by atoms with Crippen molar-refractivity contribution in [3.63, 3.8) is 0 Å². The molecule has 1 aliphatic carbocycles. The van der Waals surface area contributed by atoms with E-state index in [1.54, 1.807) is 30.8 Å². The van der Waals surface area contributed by atoms with Crippen LogP contribution in [0.2, 0.25) is 0 Å². The molecule has 30 heavy (non-hydrogen) atoms. The van der Waals surface area contributed by atoms with Crippen molar-refractivity contribution in [2.45, 2.75) is 32.0 Å². The average molecular weight is 453 g/mol. The van der Waals surface area contributed by atoms with Crippen molar-refractivity contribution in [2.24, 2.45) is 11.3 Å². The number of carboxylic acid groups (broad SMARTS) is 1. The normalized spacial score (nSPS) is 24.4. The Morgan fingerprint density at radius 2 is 2.10 bits per heavy atom. The minimum atomic E-state index is -5.08. The van der Waals surface area contributed by atoms with E-state index in [1.807, 2.05) is 12.1 Å². The third kappa shape index (κ3) is 5.90. The fourth-order valence-electron chi connectivity index (χ4n) is 3.86. The van der Waals surface area contributed by atoms with Crippen LogP contribution >= 0.6 is 0 Å². The summed E-state index contributed by atoms with van der Waals surface area (Å²) in [5, 5.41) is 7.12. The molecular formula is C18H26F3N3O5S. The highest BCUT2D eigenvalue weighted by Crippen LogP contribution is 2.49. The maximum Gasteiger partial charge on any atom is 0.490 e. The maximum atomic E-state index is 12.4. The van der Waals surface area contributed by atoms with Gasteiger partial charge in [0.15, 0.2) is 0 Å². The number of rotatable bonds is 6. The smallest absolute Gasteiger partial charge is 0.475 e. The first-order chi connectivity index (χ1) is 13.9. The number of halogens is 3. The lowest BCUT2D eigenvalue weighted by Gasteiger charge is -2.29. The molecular weight excluding hydrogens is 427 g/mol. The molecule has 0 bridgehead atoms. The molecule has 0 spiro atoms. The minimum Gasteiger partial charge on any atom is -0.475 e. The highest BCUT2D eigenvalue weighted by atomic mass is 32.2. The molecule has 0 amide bonds. The van der Waals surface area contributed by atoms with Gasteiger partial charge in [0, 0.05) is 45.0 Å². The third-order valence-electron chi connectivity index (χ3n) is 5.42. The molecule has 0 radical (unpaired) electrons. The summed E-state index contributed by atoms with van der Waals surface area (Å²) in [5.74, 6) is -2.35. The van der Waals surface area contributed by atoms with Crippen LogP contribution in [0.15, 0.2) is 24.5 Å². The van der Waals surface area contributed by atoms with Gasteiger partial charge in [-0.25, -0.2) is 4.79 Å². The van der Waals surface area contributed by atoms with Gasteiger partial charge in [-0.05, 0) is 30.4 Å². The van der Waals surface area contributed by atoms with E-state index in [9.17, 15) is 21.6 Å². The Hall–Kier alpha value is -1.76.